The van der Waals surface area contributed by atoms with Crippen molar-refractivity contribution >= 4 is 38.7 Å². The lowest BCUT2D eigenvalue weighted by atomic mass is 10.3. The van der Waals surface area contributed by atoms with E-state index in [1.165, 1.54) is 23.2 Å². The molecule has 26 heavy (non-hydrogen) atoms. The molecule has 0 saturated heterocycles. The lowest BCUT2D eigenvalue weighted by Gasteiger charge is -2.14. The van der Waals surface area contributed by atoms with Crippen molar-refractivity contribution in [3.63, 3.8) is 0 Å². The fourth-order valence-electron chi connectivity index (χ4n) is 2.57. The zero-order valence-corrected chi connectivity index (χ0v) is 16.4. The maximum absolute atomic E-state index is 12.5. The molecule has 3 rings (SSSR count). The van der Waals surface area contributed by atoms with Crippen LogP contribution in [0.5, 0.6) is 5.75 Å². The van der Waals surface area contributed by atoms with Gasteiger partial charge in [-0.3, -0.25) is 13.9 Å². The van der Waals surface area contributed by atoms with Crippen molar-refractivity contribution < 1.29 is 9.84 Å². The first-order valence-electron chi connectivity index (χ1n) is 7.67. The summed E-state index contributed by atoms with van der Waals surface area (Å²) >= 11 is 9.10. The molecular formula is C16H16BrClN4O4. The van der Waals surface area contributed by atoms with Crippen molar-refractivity contribution in [1.29, 1.82) is 0 Å². The molecule has 1 N–H and O–H groups in total. The molecule has 0 aliphatic rings. The van der Waals surface area contributed by atoms with Gasteiger partial charge in [-0.05, 0) is 40.2 Å². The smallest absolute Gasteiger partial charge is 0.332 e. The average molecular weight is 444 g/mol. The summed E-state index contributed by atoms with van der Waals surface area (Å²) in [5.41, 5.74) is -0.471. The van der Waals surface area contributed by atoms with E-state index in [1.807, 2.05) is 0 Å². The average Bonchev–Trinajstić information content (AvgIpc) is 2.94. The van der Waals surface area contributed by atoms with Crippen LogP contribution in [-0.2, 0) is 20.6 Å². The number of halogens is 2. The maximum Gasteiger partial charge on any atom is 0.332 e. The van der Waals surface area contributed by atoms with Crippen LogP contribution in [0.2, 0.25) is 5.02 Å². The summed E-state index contributed by atoms with van der Waals surface area (Å²) in [7, 11) is 2.93. The lowest BCUT2D eigenvalue weighted by molar-refractivity contribution is 0.0928. The molecule has 0 aliphatic heterocycles. The standard InChI is InChI=1S/C16H16BrClN4O4/c1-20-13-12(14(24)21(2)16(20)25)22(15(17)19-13)7-10(23)8-26-11-5-3-9(18)4-6-11/h3-6,10,23H,7-8H2,1-2H3/t10-/m0/s1. The van der Waals surface area contributed by atoms with Crippen LogP contribution in [0.15, 0.2) is 38.6 Å². The summed E-state index contributed by atoms with van der Waals surface area (Å²) in [6.45, 7) is 0.0813. The first-order valence-corrected chi connectivity index (χ1v) is 8.85. The van der Waals surface area contributed by atoms with Gasteiger partial charge in [0, 0.05) is 19.1 Å². The third kappa shape index (κ3) is 3.42. The maximum atomic E-state index is 12.5. The number of rotatable bonds is 5. The van der Waals surface area contributed by atoms with Crippen LogP contribution in [-0.4, -0.2) is 36.5 Å². The van der Waals surface area contributed by atoms with Gasteiger partial charge in [0.25, 0.3) is 5.56 Å². The van der Waals surface area contributed by atoms with E-state index in [0.29, 0.717) is 15.5 Å². The predicted octanol–water partition coefficient (Wildman–Crippen LogP) is 1.29. The van der Waals surface area contributed by atoms with Gasteiger partial charge in [0.05, 0.1) is 6.54 Å². The summed E-state index contributed by atoms with van der Waals surface area (Å²) in [4.78, 5) is 28.7. The Morgan fingerprint density at radius 3 is 2.54 bits per heavy atom. The molecule has 0 amide bonds. The van der Waals surface area contributed by atoms with Gasteiger partial charge in [-0.1, -0.05) is 11.6 Å². The van der Waals surface area contributed by atoms with Gasteiger partial charge >= 0.3 is 5.69 Å². The third-order valence-electron chi connectivity index (χ3n) is 3.95. The van der Waals surface area contributed by atoms with Crippen molar-refractivity contribution in [2.24, 2.45) is 14.1 Å². The minimum absolute atomic E-state index is 0.0137. The molecule has 138 valence electrons. The van der Waals surface area contributed by atoms with Gasteiger partial charge < -0.3 is 14.4 Å². The van der Waals surface area contributed by atoms with Crippen LogP contribution >= 0.6 is 27.5 Å². The molecule has 0 spiro atoms. The number of benzene rings is 1. The number of aryl methyl sites for hydroxylation is 1. The summed E-state index contributed by atoms with van der Waals surface area (Å²) in [5, 5.41) is 10.9. The highest BCUT2D eigenvalue weighted by Gasteiger charge is 2.20. The van der Waals surface area contributed by atoms with Gasteiger partial charge in [-0.15, -0.1) is 0 Å². The zero-order chi connectivity index (χ0) is 19.0. The summed E-state index contributed by atoms with van der Waals surface area (Å²) in [6, 6.07) is 6.77. The van der Waals surface area contributed by atoms with Crippen LogP contribution in [0.4, 0.5) is 0 Å². The van der Waals surface area contributed by atoms with Crippen LogP contribution in [0.1, 0.15) is 0 Å². The van der Waals surface area contributed by atoms with Gasteiger partial charge in [0.1, 0.15) is 18.5 Å². The highest BCUT2D eigenvalue weighted by molar-refractivity contribution is 9.10. The Labute approximate surface area is 161 Å². The second kappa shape index (κ2) is 7.26. The predicted molar refractivity (Wildman–Crippen MR) is 101 cm³/mol. The molecule has 0 bridgehead atoms. The molecule has 2 heterocycles. The molecule has 0 aliphatic carbocycles. The van der Waals surface area contributed by atoms with E-state index in [2.05, 4.69) is 20.9 Å². The number of aromatic nitrogens is 4. The molecule has 0 fully saturated rings. The Morgan fingerprint density at radius 1 is 1.23 bits per heavy atom. The molecule has 10 heteroatoms. The fourth-order valence-corrected chi connectivity index (χ4v) is 3.19. The van der Waals surface area contributed by atoms with E-state index >= 15 is 0 Å². The number of nitrogens with zero attached hydrogens (tertiary/aromatic N) is 4. The van der Waals surface area contributed by atoms with Gasteiger partial charge in [0.15, 0.2) is 15.9 Å². The van der Waals surface area contributed by atoms with Crippen molar-refractivity contribution in [2.45, 2.75) is 12.6 Å². The molecule has 0 saturated carbocycles. The van der Waals surface area contributed by atoms with Gasteiger partial charge in [-0.2, -0.15) is 0 Å². The Balaban J connectivity index is 1.86. The number of hydrogen-bond donors (Lipinski definition) is 1. The summed E-state index contributed by atoms with van der Waals surface area (Å²) in [6.07, 6.45) is -0.902. The van der Waals surface area contributed by atoms with E-state index in [1.54, 1.807) is 24.3 Å². The first kappa shape index (κ1) is 18.7. The number of aliphatic hydroxyl groups is 1. The molecule has 0 radical (unpaired) electrons. The number of aliphatic hydroxyl groups excluding tert-OH is 1. The van der Waals surface area contributed by atoms with E-state index in [0.717, 1.165) is 4.57 Å². The van der Waals surface area contributed by atoms with Gasteiger partial charge in [-0.25, -0.2) is 9.78 Å². The summed E-state index contributed by atoms with van der Waals surface area (Å²) in [5.74, 6) is 0.571. The van der Waals surface area contributed by atoms with Crippen molar-refractivity contribution in [3.05, 3.63) is 54.9 Å². The Morgan fingerprint density at radius 2 is 1.88 bits per heavy atom. The monoisotopic (exact) mass is 442 g/mol. The Hall–Kier alpha value is -2.10. The van der Waals surface area contributed by atoms with E-state index < -0.39 is 17.4 Å². The zero-order valence-electron chi connectivity index (χ0n) is 14.0. The van der Waals surface area contributed by atoms with E-state index in [4.69, 9.17) is 16.3 Å². The van der Waals surface area contributed by atoms with Crippen molar-refractivity contribution in [2.75, 3.05) is 6.61 Å². The first-order chi connectivity index (χ1) is 12.3. The van der Waals surface area contributed by atoms with Crippen LogP contribution in [0, 0.1) is 0 Å². The third-order valence-corrected chi connectivity index (χ3v) is 4.81. The van der Waals surface area contributed by atoms with Crippen LogP contribution in [0.25, 0.3) is 11.2 Å². The second-order valence-electron chi connectivity index (χ2n) is 5.79. The highest BCUT2D eigenvalue weighted by atomic mass is 79.9. The van der Waals surface area contributed by atoms with E-state index in [9.17, 15) is 14.7 Å². The molecule has 1 atom stereocenters. The number of hydrogen-bond acceptors (Lipinski definition) is 5. The molecule has 2 aromatic heterocycles. The van der Waals surface area contributed by atoms with Gasteiger partial charge in [0.2, 0.25) is 0 Å². The largest absolute Gasteiger partial charge is 0.491 e. The van der Waals surface area contributed by atoms with Crippen molar-refractivity contribution in [3.8, 4) is 5.75 Å². The molecular weight excluding hydrogens is 428 g/mol. The topological polar surface area (TPSA) is 91.3 Å². The minimum atomic E-state index is -0.902. The molecule has 1 aromatic carbocycles. The Bertz CT molecular complexity index is 1070. The SMILES string of the molecule is Cn1c(=O)c2c(nc(Br)n2C[C@H](O)COc2ccc(Cl)cc2)n(C)c1=O. The molecule has 0 unspecified atom stereocenters. The van der Waals surface area contributed by atoms with Crippen LogP contribution < -0.4 is 16.0 Å². The highest BCUT2D eigenvalue weighted by Crippen LogP contribution is 2.18. The molecule has 3 aromatic rings. The quantitative estimate of drug-likeness (QED) is 0.600. The number of fused-ring (bicyclic) bond motifs is 1. The van der Waals surface area contributed by atoms with Crippen LogP contribution in [0.3, 0.4) is 0 Å². The lowest BCUT2D eigenvalue weighted by Crippen LogP contribution is -2.38. The molecule has 8 nitrogen and oxygen atoms in total. The normalized spacial score (nSPS) is 12.5. The fraction of sp³-hybridized carbons (Fsp3) is 0.312. The number of ether oxygens (including phenoxy) is 1. The minimum Gasteiger partial charge on any atom is -0.491 e. The second-order valence-corrected chi connectivity index (χ2v) is 6.93. The summed E-state index contributed by atoms with van der Waals surface area (Å²) < 4.78 is 9.68. The Kier molecular flexibility index (Phi) is 5.22. The van der Waals surface area contributed by atoms with E-state index in [-0.39, 0.29) is 24.3 Å². The van der Waals surface area contributed by atoms with Crippen molar-refractivity contribution in [1.82, 2.24) is 18.7 Å². The number of imidazole rings is 1.